The number of piperazine rings is 1. The van der Waals surface area contributed by atoms with Crippen LogP contribution < -0.4 is 10.2 Å². The minimum absolute atomic E-state index is 0.0993. The smallest absolute Gasteiger partial charge is 0.227 e. The van der Waals surface area contributed by atoms with Gasteiger partial charge in [0.25, 0.3) is 0 Å². The van der Waals surface area contributed by atoms with E-state index in [9.17, 15) is 9.50 Å². The first kappa shape index (κ1) is 19.5. The number of rotatable bonds is 7. The number of hydrogen-bond acceptors (Lipinski definition) is 6. The first-order valence-electron chi connectivity index (χ1n) is 9.49. The Balaban J connectivity index is 1.71. The summed E-state index contributed by atoms with van der Waals surface area (Å²) < 4.78 is 14.0. The molecule has 0 aliphatic carbocycles. The third kappa shape index (κ3) is 5.14. The number of halogens is 1. The lowest BCUT2D eigenvalue weighted by Gasteiger charge is -2.41. The second kappa shape index (κ2) is 9.10. The molecule has 2 N–H and O–H groups in total. The molecule has 0 bridgehead atoms. The maximum Gasteiger partial charge on any atom is 0.227 e. The number of benzene rings is 1. The minimum atomic E-state index is -0.182. The highest BCUT2D eigenvalue weighted by molar-refractivity contribution is 5.42. The quantitative estimate of drug-likeness (QED) is 0.778. The number of aliphatic hydroxyl groups is 1. The van der Waals surface area contributed by atoms with Crippen molar-refractivity contribution in [2.75, 3.05) is 36.5 Å². The zero-order valence-electron chi connectivity index (χ0n) is 16.0. The summed E-state index contributed by atoms with van der Waals surface area (Å²) in [5, 5.41) is 12.8. The summed E-state index contributed by atoms with van der Waals surface area (Å²) in [6.07, 6.45) is 2.40. The molecule has 1 aliphatic rings. The molecule has 0 radical (unpaired) electrons. The molecular formula is C20H28FN5O. The van der Waals surface area contributed by atoms with Crippen molar-refractivity contribution in [1.29, 1.82) is 0 Å². The predicted octanol–water partition coefficient (Wildman–Crippen LogP) is 2.51. The standard InChI is InChI=1S/C20H28FN5O/c1-15(2)23-19-7-9-22-20(24-19)26-11-10-25(17(14-26)8-12-27)13-16-5-3-4-6-18(16)21/h3-7,9,15,17,27H,8,10-14H2,1-2H3,(H,22,23,24)/t17-/m0/s1. The van der Waals surface area contributed by atoms with Gasteiger partial charge in [-0.1, -0.05) is 18.2 Å². The molecule has 2 heterocycles. The Kier molecular flexibility index (Phi) is 6.58. The van der Waals surface area contributed by atoms with E-state index in [-0.39, 0.29) is 18.5 Å². The van der Waals surface area contributed by atoms with Crippen LogP contribution in [0.1, 0.15) is 25.8 Å². The molecule has 0 saturated carbocycles. The lowest BCUT2D eigenvalue weighted by Crippen LogP contribution is -2.53. The summed E-state index contributed by atoms with van der Waals surface area (Å²) in [7, 11) is 0. The van der Waals surface area contributed by atoms with Crippen molar-refractivity contribution in [1.82, 2.24) is 14.9 Å². The summed E-state index contributed by atoms with van der Waals surface area (Å²) in [5.41, 5.74) is 0.688. The number of nitrogens with zero attached hydrogens (tertiary/aromatic N) is 4. The summed E-state index contributed by atoms with van der Waals surface area (Å²) in [6.45, 7) is 7.02. The predicted molar refractivity (Wildman–Crippen MR) is 105 cm³/mol. The maximum absolute atomic E-state index is 14.0. The van der Waals surface area contributed by atoms with Crippen LogP contribution in [-0.4, -0.2) is 58.3 Å². The maximum atomic E-state index is 14.0. The van der Waals surface area contributed by atoms with E-state index in [1.54, 1.807) is 12.3 Å². The van der Waals surface area contributed by atoms with Crippen molar-refractivity contribution in [3.8, 4) is 0 Å². The van der Waals surface area contributed by atoms with E-state index in [0.717, 1.165) is 18.9 Å². The lowest BCUT2D eigenvalue weighted by atomic mass is 10.1. The van der Waals surface area contributed by atoms with Crippen LogP contribution in [0.15, 0.2) is 36.5 Å². The molecule has 1 fully saturated rings. The van der Waals surface area contributed by atoms with E-state index >= 15 is 0 Å². The molecular weight excluding hydrogens is 345 g/mol. The van der Waals surface area contributed by atoms with E-state index in [2.05, 4.69) is 38.9 Å². The van der Waals surface area contributed by atoms with Crippen LogP contribution in [0.25, 0.3) is 0 Å². The van der Waals surface area contributed by atoms with Crippen molar-refractivity contribution in [2.45, 2.75) is 38.9 Å². The highest BCUT2D eigenvalue weighted by Crippen LogP contribution is 2.21. The third-order valence-corrected chi connectivity index (χ3v) is 4.76. The second-order valence-electron chi connectivity index (χ2n) is 7.21. The first-order valence-corrected chi connectivity index (χ1v) is 9.49. The van der Waals surface area contributed by atoms with E-state index < -0.39 is 0 Å². The SMILES string of the molecule is CC(C)Nc1ccnc(N2CCN(Cc3ccccc3F)[C@@H](CCO)C2)n1. The van der Waals surface area contributed by atoms with Gasteiger partial charge in [-0.3, -0.25) is 4.90 Å². The van der Waals surface area contributed by atoms with Gasteiger partial charge in [0.05, 0.1) is 0 Å². The fourth-order valence-corrected chi connectivity index (χ4v) is 3.43. The molecule has 146 valence electrons. The number of hydrogen-bond donors (Lipinski definition) is 2. The van der Waals surface area contributed by atoms with Gasteiger partial charge in [0.2, 0.25) is 5.95 Å². The van der Waals surface area contributed by atoms with Gasteiger partial charge < -0.3 is 15.3 Å². The minimum Gasteiger partial charge on any atom is -0.396 e. The highest BCUT2D eigenvalue weighted by atomic mass is 19.1. The van der Waals surface area contributed by atoms with Crippen LogP contribution in [0.2, 0.25) is 0 Å². The molecule has 1 saturated heterocycles. The van der Waals surface area contributed by atoms with Gasteiger partial charge in [-0.15, -0.1) is 0 Å². The Bertz CT molecular complexity index is 742. The molecule has 1 atom stereocenters. The molecule has 6 nitrogen and oxygen atoms in total. The van der Waals surface area contributed by atoms with Crippen LogP contribution in [-0.2, 0) is 6.54 Å². The Morgan fingerprint density at radius 1 is 1.26 bits per heavy atom. The molecule has 1 aromatic carbocycles. The number of aromatic nitrogens is 2. The zero-order chi connectivity index (χ0) is 19.2. The highest BCUT2D eigenvalue weighted by Gasteiger charge is 2.28. The fraction of sp³-hybridized carbons (Fsp3) is 0.500. The molecule has 0 amide bonds. The Labute approximate surface area is 160 Å². The van der Waals surface area contributed by atoms with E-state index in [1.165, 1.54) is 6.07 Å². The number of aliphatic hydroxyl groups excluding tert-OH is 1. The number of anilines is 2. The van der Waals surface area contributed by atoms with Gasteiger partial charge in [-0.05, 0) is 32.4 Å². The van der Waals surface area contributed by atoms with Crippen molar-refractivity contribution in [2.24, 2.45) is 0 Å². The molecule has 3 rings (SSSR count). The van der Waals surface area contributed by atoms with Crippen LogP contribution in [0, 0.1) is 5.82 Å². The van der Waals surface area contributed by atoms with Crippen LogP contribution in [0.3, 0.4) is 0 Å². The Hall–Kier alpha value is -2.25. The van der Waals surface area contributed by atoms with Crippen LogP contribution in [0.5, 0.6) is 0 Å². The normalized spacial score (nSPS) is 18.1. The van der Waals surface area contributed by atoms with Gasteiger partial charge >= 0.3 is 0 Å². The number of nitrogens with one attached hydrogen (secondary N) is 1. The zero-order valence-corrected chi connectivity index (χ0v) is 16.0. The lowest BCUT2D eigenvalue weighted by molar-refractivity contribution is 0.133. The Morgan fingerprint density at radius 3 is 2.81 bits per heavy atom. The van der Waals surface area contributed by atoms with E-state index in [1.807, 2.05) is 18.2 Å². The van der Waals surface area contributed by atoms with Crippen molar-refractivity contribution in [3.05, 3.63) is 47.9 Å². The molecule has 0 unspecified atom stereocenters. The van der Waals surface area contributed by atoms with Gasteiger partial charge in [-0.2, -0.15) is 4.98 Å². The summed E-state index contributed by atoms with van der Waals surface area (Å²) in [6, 6.07) is 9.16. The molecule has 1 aliphatic heterocycles. The van der Waals surface area contributed by atoms with Crippen LogP contribution in [0.4, 0.5) is 16.2 Å². The monoisotopic (exact) mass is 373 g/mol. The summed E-state index contributed by atoms with van der Waals surface area (Å²) in [4.78, 5) is 13.4. The second-order valence-corrected chi connectivity index (χ2v) is 7.21. The molecule has 7 heteroatoms. The van der Waals surface area contributed by atoms with Crippen molar-refractivity contribution >= 4 is 11.8 Å². The fourth-order valence-electron chi connectivity index (χ4n) is 3.43. The molecule has 0 spiro atoms. The van der Waals surface area contributed by atoms with Crippen LogP contribution >= 0.6 is 0 Å². The first-order chi connectivity index (χ1) is 13.1. The molecule has 27 heavy (non-hydrogen) atoms. The van der Waals surface area contributed by atoms with Crippen molar-refractivity contribution < 1.29 is 9.50 Å². The van der Waals surface area contributed by atoms with Gasteiger partial charge in [-0.25, -0.2) is 9.37 Å². The van der Waals surface area contributed by atoms with Gasteiger partial charge in [0.1, 0.15) is 11.6 Å². The average Bonchev–Trinajstić information content (AvgIpc) is 2.65. The third-order valence-electron chi connectivity index (χ3n) is 4.76. The van der Waals surface area contributed by atoms with Gasteiger partial charge in [0, 0.05) is 56.6 Å². The largest absolute Gasteiger partial charge is 0.396 e. The Morgan fingerprint density at radius 2 is 2.07 bits per heavy atom. The summed E-state index contributed by atoms with van der Waals surface area (Å²) >= 11 is 0. The van der Waals surface area contributed by atoms with Gasteiger partial charge in [0.15, 0.2) is 0 Å². The molecule has 2 aromatic rings. The summed E-state index contributed by atoms with van der Waals surface area (Å²) in [5.74, 6) is 1.31. The van der Waals surface area contributed by atoms with Crippen molar-refractivity contribution in [3.63, 3.8) is 0 Å². The van der Waals surface area contributed by atoms with E-state index in [4.69, 9.17) is 0 Å². The average molecular weight is 373 g/mol. The topological polar surface area (TPSA) is 64.5 Å². The van der Waals surface area contributed by atoms with E-state index in [0.29, 0.717) is 37.1 Å². The molecule has 1 aromatic heterocycles.